The van der Waals surface area contributed by atoms with Gasteiger partial charge in [-0.1, -0.05) is 68.3 Å². The van der Waals surface area contributed by atoms with Gasteiger partial charge in [0.1, 0.15) is 35.8 Å². The molecule has 1 saturated carbocycles. The molecule has 0 spiro atoms. The van der Waals surface area contributed by atoms with Gasteiger partial charge in [-0.3, -0.25) is 4.79 Å². The molecule has 0 aromatic heterocycles. The fraction of sp³-hybridized carbons (Fsp3) is 0.545. The van der Waals surface area contributed by atoms with Crippen LogP contribution in [0.2, 0.25) is 0 Å². The molecule has 3 aromatic carbocycles. The number of likely N-dealkylation sites (N-methyl/N-ethyl adjacent to an activating group) is 1. The van der Waals surface area contributed by atoms with E-state index >= 15 is 0 Å². The first-order valence-corrected chi connectivity index (χ1v) is 19.7. The zero-order chi connectivity index (χ0) is 38.8. The maximum absolute atomic E-state index is 10.7. The minimum absolute atomic E-state index is 0.0257. The zero-order valence-electron chi connectivity index (χ0n) is 33.1. The van der Waals surface area contributed by atoms with Crippen molar-refractivity contribution < 1.29 is 29.3 Å². The van der Waals surface area contributed by atoms with Crippen LogP contribution in [0.3, 0.4) is 0 Å². The Balaban J connectivity index is 0.000000241. The molecule has 296 valence electrons. The highest BCUT2D eigenvalue weighted by Gasteiger charge is 2.39. The average Bonchev–Trinajstić information content (AvgIpc) is 3.61. The Morgan fingerprint density at radius 3 is 2.30 bits per heavy atom. The molecule has 54 heavy (non-hydrogen) atoms. The molecule has 1 saturated heterocycles. The molecule has 1 aliphatic heterocycles. The van der Waals surface area contributed by atoms with E-state index in [9.17, 15) is 19.8 Å². The minimum Gasteiger partial charge on any atom is -0.508 e. The van der Waals surface area contributed by atoms with Crippen molar-refractivity contribution in [2.45, 2.75) is 70.1 Å². The molecule has 4 N–H and O–H groups in total. The Bertz CT molecular complexity index is 1570. The molecule has 3 aromatic rings. The highest BCUT2D eigenvalue weighted by molar-refractivity contribution is 5.69. The number of nitrogens with zero attached hydrogens (tertiary/aromatic N) is 2. The lowest BCUT2D eigenvalue weighted by Crippen LogP contribution is -2.41. The summed E-state index contributed by atoms with van der Waals surface area (Å²) in [7, 11) is 6.09. The van der Waals surface area contributed by atoms with E-state index in [4.69, 9.17) is 9.47 Å². The van der Waals surface area contributed by atoms with Crippen LogP contribution in [0.25, 0.3) is 0 Å². The lowest BCUT2D eigenvalue weighted by Gasteiger charge is -2.42. The van der Waals surface area contributed by atoms with Crippen LogP contribution in [0.15, 0.2) is 60.7 Å². The van der Waals surface area contributed by atoms with E-state index in [1.165, 1.54) is 37.8 Å². The number of hydrogen-bond acceptors (Lipinski definition) is 10. The van der Waals surface area contributed by atoms with E-state index in [1.54, 1.807) is 13.1 Å². The van der Waals surface area contributed by atoms with Gasteiger partial charge in [0.25, 0.3) is 0 Å². The summed E-state index contributed by atoms with van der Waals surface area (Å²) in [5, 5.41) is 27.1. The second-order valence-corrected chi connectivity index (χ2v) is 15.4. The van der Waals surface area contributed by atoms with Gasteiger partial charge >= 0.3 is 0 Å². The predicted molar refractivity (Wildman–Crippen MR) is 217 cm³/mol. The summed E-state index contributed by atoms with van der Waals surface area (Å²) < 4.78 is 11.1. The summed E-state index contributed by atoms with van der Waals surface area (Å²) >= 11 is 0. The lowest BCUT2D eigenvalue weighted by molar-refractivity contribution is -0.110. The molecular weight excluding hydrogens is 681 g/mol. The molecule has 1 aliphatic carbocycles. The van der Waals surface area contributed by atoms with Crippen LogP contribution in [0, 0.1) is 5.41 Å². The number of aldehydes is 2. The van der Waals surface area contributed by atoms with Crippen molar-refractivity contribution in [3.8, 4) is 17.2 Å². The highest BCUT2D eigenvalue weighted by atomic mass is 16.5. The number of anilines is 1. The van der Waals surface area contributed by atoms with Gasteiger partial charge in [0.15, 0.2) is 6.29 Å². The SMILES string of the molecule is CN1CCC(c2ccccc2)(c2cc(CCOCCC=O)ccc2O)CC1.CNc1c(O)ccc(CCNCCN(C)CC2(C)CCCC2)c1OCC=O. The number of piperidine rings is 1. The molecule has 0 unspecified atom stereocenters. The third-order valence-electron chi connectivity index (χ3n) is 11.1. The van der Waals surface area contributed by atoms with Crippen LogP contribution in [0.5, 0.6) is 17.2 Å². The minimum atomic E-state index is -0.160. The van der Waals surface area contributed by atoms with E-state index in [0.717, 1.165) is 81.4 Å². The summed E-state index contributed by atoms with van der Waals surface area (Å²) in [4.78, 5) is 25.8. The van der Waals surface area contributed by atoms with Gasteiger partial charge in [0, 0.05) is 44.1 Å². The normalized spacial score (nSPS) is 16.4. The van der Waals surface area contributed by atoms with Crippen molar-refractivity contribution in [3.63, 3.8) is 0 Å². The maximum atomic E-state index is 10.7. The summed E-state index contributed by atoms with van der Waals surface area (Å²) in [5.41, 5.74) is 5.28. The molecule has 10 heteroatoms. The third-order valence-corrected chi connectivity index (χ3v) is 11.1. The zero-order valence-corrected chi connectivity index (χ0v) is 33.1. The predicted octanol–water partition coefficient (Wildman–Crippen LogP) is 6.21. The molecule has 2 fully saturated rings. The van der Waals surface area contributed by atoms with Crippen LogP contribution in [-0.4, -0.2) is 113 Å². The largest absolute Gasteiger partial charge is 0.508 e. The summed E-state index contributed by atoms with van der Waals surface area (Å²) in [6, 6.07) is 20.0. The molecule has 2 aliphatic rings. The van der Waals surface area contributed by atoms with E-state index in [2.05, 4.69) is 71.8 Å². The Kier molecular flexibility index (Phi) is 17.3. The number of rotatable bonds is 20. The van der Waals surface area contributed by atoms with Crippen molar-refractivity contribution in [1.82, 2.24) is 15.1 Å². The van der Waals surface area contributed by atoms with E-state index in [0.29, 0.717) is 48.5 Å². The van der Waals surface area contributed by atoms with Gasteiger partial charge in [-0.05, 0) is 106 Å². The van der Waals surface area contributed by atoms with Crippen LogP contribution < -0.4 is 15.4 Å². The first-order valence-electron chi connectivity index (χ1n) is 19.7. The number of aromatic hydroxyl groups is 2. The summed E-state index contributed by atoms with van der Waals surface area (Å²) in [6.07, 6.45) is 11.0. The number of nitrogens with one attached hydrogen (secondary N) is 2. The van der Waals surface area contributed by atoms with E-state index < -0.39 is 0 Å². The monoisotopic (exact) mass is 744 g/mol. The van der Waals surface area contributed by atoms with Gasteiger partial charge in [-0.15, -0.1) is 0 Å². The third kappa shape index (κ3) is 12.3. The molecule has 0 bridgehead atoms. The Morgan fingerprint density at radius 1 is 0.889 bits per heavy atom. The smallest absolute Gasteiger partial charge is 0.157 e. The van der Waals surface area contributed by atoms with Crippen LogP contribution in [0.1, 0.15) is 74.1 Å². The van der Waals surface area contributed by atoms with Gasteiger partial charge < -0.3 is 44.9 Å². The van der Waals surface area contributed by atoms with Crippen molar-refractivity contribution in [2.75, 3.05) is 85.5 Å². The maximum Gasteiger partial charge on any atom is 0.157 e. The number of ether oxygens (including phenoxy) is 2. The molecule has 0 radical (unpaired) electrons. The van der Waals surface area contributed by atoms with E-state index in [1.807, 2.05) is 24.3 Å². The Labute approximate surface area is 323 Å². The summed E-state index contributed by atoms with van der Waals surface area (Å²) in [6.45, 7) is 9.40. The first-order chi connectivity index (χ1) is 26.1. The number of carbonyl (C=O) groups is 2. The van der Waals surface area contributed by atoms with Crippen molar-refractivity contribution in [2.24, 2.45) is 5.41 Å². The number of carbonyl (C=O) groups excluding carboxylic acids is 2. The Morgan fingerprint density at radius 2 is 1.61 bits per heavy atom. The number of benzene rings is 3. The van der Waals surface area contributed by atoms with Gasteiger partial charge in [0.2, 0.25) is 0 Å². The molecular formula is C44H64N4O6. The average molecular weight is 745 g/mol. The van der Waals surface area contributed by atoms with Crippen LogP contribution in [0.4, 0.5) is 5.69 Å². The quantitative estimate of drug-likeness (QED) is 0.0604. The van der Waals surface area contributed by atoms with Crippen molar-refractivity contribution in [3.05, 3.63) is 82.9 Å². The van der Waals surface area contributed by atoms with E-state index in [-0.39, 0.29) is 17.8 Å². The first kappa shape index (κ1) is 42.8. The lowest BCUT2D eigenvalue weighted by atomic mass is 9.67. The van der Waals surface area contributed by atoms with Gasteiger partial charge in [0.05, 0.1) is 13.2 Å². The second-order valence-electron chi connectivity index (χ2n) is 15.4. The van der Waals surface area contributed by atoms with Gasteiger partial charge in [-0.2, -0.15) is 0 Å². The van der Waals surface area contributed by atoms with Crippen LogP contribution >= 0.6 is 0 Å². The summed E-state index contributed by atoms with van der Waals surface area (Å²) in [5.74, 6) is 1.05. The number of likely N-dealkylation sites (tertiary alicyclic amines) is 1. The fourth-order valence-corrected chi connectivity index (χ4v) is 8.09. The Hall–Kier alpha value is -3.96. The molecule has 0 atom stereocenters. The topological polar surface area (TPSA) is 124 Å². The number of phenols is 2. The fourth-order valence-electron chi connectivity index (χ4n) is 8.09. The second kappa shape index (κ2) is 21.8. The number of phenolic OH excluding ortho intramolecular Hbond substituents is 2. The molecule has 0 amide bonds. The van der Waals surface area contributed by atoms with Gasteiger partial charge in [-0.25, -0.2) is 0 Å². The highest BCUT2D eigenvalue weighted by Crippen LogP contribution is 2.45. The van der Waals surface area contributed by atoms with Crippen molar-refractivity contribution in [1.29, 1.82) is 0 Å². The van der Waals surface area contributed by atoms with Crippen LogP contribution in [-0.2, 0) is 32.6 Å². The molecule has 10 nitrogen and oxygen atoms in total. The molecule has 1 heterocycles. The van der Waals surface area contributed by atoms with Crippen molar-refractivity contribution >= 4 is 18.3 Å². The number of hydrogen-bond donors (Lipinski definition) is 4. The molecule has 5 rings (SSSR count). The standard InChI is InChI=1S/C23H29NO3.C21H35N3O3/c1-24-13-11-23(12-14-24,20-6-3-2-4-7-20)21-18-19(8-9-22(21)26)10-17-27-16-5-15-25;1-21(9-4-5-10-21)16-24(3)13-12-23-11-8-17-6-7-18(26)19(22-2)20(17)27-15-14-25/h2-4,6-9,15,18,26H,5,10-14,16-17H2,1H3;6-7,14,22-23,26H,4-5,8-13,15-16H2,1-3H3.